The fourth-order valence-corrected chi connectivity index (χ4v) is 4.36. The normalized spacial score (nSPS) is 20.2. The Morgan fingerprint density at radius 1 is 1.03 bits per heavy atom. The SMILES string of the molecule is COc1ccc(CN2CCCN(C(=O)[C@@H]3CCCN3C(=O)c3ccco3)CC2)cc1. The van der Waals surface area contributed by atoms with E-state index in [-0.39, 0.29) is 17.9 Å². The summed E-state index contributed by atoms with van der Waals surface area (Å²) in [7, 11) is 1.67. The summed E-state index contributed by atoms with van der Waals surface area (Å²) < 4.78 is 10.5. The molecule has 160 valence electrons. The number of nitrogens with zero attached hydrogens (tertiary/aromatic N) is 3. The molecule has 4 rings (SSSR count). The number of ether oxygens (including phenoxy) is 1. The monoisotopic (exact) mass is 411 g/mol. The Bertz CT molecular complexity index is 850. The van der Waals surface area contributed by atoms with E-state index in [1.54, 1.807) is 24.1 Å². The smallest absolute Gasteiger partial charge is 0.290 e. The molecule has 0 aliphatic carbocycles. The molecule has 0 saturated carbocycles. The van der Waals surface area contributed by atoms with Crippen molar-refractivity contribution in [1.82, 2.24) is 14.7 Å². The fourth-order valence-electron chi connectivity index (χ4n) is 4.36. The molecule has 2 amide bonds. The summed E-state index contributed by atoms with van der Waals surface area (Å²) in [6.07, 6.45) is 3.99. The van der Waals surface area contributed by atoms with E-state index < -0.39 is 0 Å². The summed E-state index contributed by atoms with van der Waals surface area (Å²) in [5.74, 6) is 1.04. The molecule has 1 atom stereocenters. The van der Waals surface area contributed by atoms with Gasteiger partial charge in [-0.3, -0.25) is 14.5 Å². The Hall–Kier alpha value is -2.80. The van der Waals surface area contributed by atoms with Crippen molar-refractivity contribution in [2.45, 2.75) is 31.8 Å². The summed E-state index contributed by atoms with van der Waals surface area (Å²) in [6, 6.07) is 11.1. The van der Waals surface area contributed by atoms with Gasteiger partial charge in [0.05, 0.1) is 13.4 Å². The molecule has 0 spiro atoms. The van der Waals surface area contributed by atoms with Gasteiger partial charge in [0.2, 0.25) is 5.91 Å². The van der Waals surface area contributed by atoms with Gasteiger partial charge >= 0.3 is 0 Å². The lowest BCUT2D eigenvalue weighted by molar-refractivity contribution is -0.135. The summed E-state index contributed by atoms with van der Waals surface area (Å²) >= 11 is 0. The molecule has 2 aromatic rings. The van der Waals surface area contributed by atoms with Gasteiger partial charge in [0, 0.05) is 39.3 Å². The van der Waals surface area contributed by atoms with Gasteiger partial charge in [-0.25, -0.2) is 0 Å². The van der Waals surface area contributed by atoms with Crippen LogP contribution in [-0.4, -0.2) is 72.4 Å². The standard InChI is InChI=1S/C23H29N3O4/c1-29-19-9-7-18(8-10-19)17-24-11-4-12-25(15-14-24)22(27)20-5-2-13-26(20)23(28)21-6-3-16-30-21/h3,6-10,16,20H,2,4-5,11-15,17H2,1H3/t20-/m0/s1. The van der Waals surface area contributed by atoms with E-state index in [1.807, 2.05) is 17.0 Å². The van der Waals surface area contributed by atoms with Gasteiger partial charge in [-0.15, -0.1) is 0 Å². The van der Waals surface area contributed by atoms with Crippen LogP contribution < -0.4 is 4.74 Å². The molecule has 0 radical (unpaired) electrons. The van der Waals surface area contributed by atoms with E-state index in [4.69, 9.17) is 9.15 Å². The van der Waals surface area contributed by atoms with Crippen LogP contribution >= 0.6 is 0 Å². The van der Waals surface area contributed by atoms with Gasteiger partial charge < -0.3 is 19.0 Å². The van der Waals surface area contributed by atoms with Crippen molar-refractivity contribution in [3.8, 4) is 5.75 Å². The van der Waals surface area contributed by atoms with Gasteiger partial charge in [0.15, 0.2) is 5.76 Å². The van der Waals surface area contributed by atoms with Crippen molar-refractivity contribution < 1.29 is 18.7 Å². The van der Waals surface area contributed by atoms with Gasteiger partial charge in [0.1, 0.15) is 11.8 Å². The molecule has 0 N–H and O–H groups in total. The molecule has 2 saturated heterocycles. The highest BCUT2D eigenvalue weighted by Gasteiger charge is 2.38. The first-order valence-electron chi connectivity index (χ1n) is 10.6. The summed E-state index contributed by atoms with van der Waals surface area (Å²) in [5.41, 5.74) is 1.24. The van der Waals surface area contributed by atoms with E-state index in [9.17, 15) is 9.59 Å². The molecule has 2 fully saturated rings. The van der Waals surface area contributed by atoms with Crippen LogP contribution in [0.3, 0.4) is 0 Å². The number of likely N-dealkylation sites (tertiary alicyclic amines) is 1. The zero-order valence-corrected chi connectivity index (χ0v) is 17.5. The molecule has 7 heteroatoms. The van der Waals surface area contributed by atoms with Crippen LogP contribution in [0.1, 0.15) is 35.4 Å². The van der Waals surface area contributed by atoms with Crippen LogP contribution in [0.5, 0.6) is 5.75 Å². The van der Waals surface area contributed by atoms with E-state index in [0.29, 0.717) is 18.8 Å². The number of carbonyl (C=O) groups excluding carboxylic acids is 2. The largest absolute Gasteiger partial charge is 0.497 e. The molecule has 1 aromatic heterocycles. The fraction of sp³-hybridized carbons (Fsp3) is 0.478. The second-order valence-electron chi connectivity index (χ2n) is 7.94. The minimum atomic E-state index is -0.379. The third-order valence-corrected chi connectivity index (χ3v) is 6.00. The lowest BCUT2D eigenvalue weighted by atomic mass is 10.1. The number of carbonyl (C=O) groups is 2. The Balaban J connectivity index is 1.35. The van der Waals surface area contributed by atoms with E-state index in [0.717, 1.165) is 51.2 Å². The molecular weight excluding hydrogens is 382 g/mol. The number of furan rings is 1. The average molecular weight is 412 g/mol. The maximum Gasteiger partial charge on any atom is 0.290 e. The van der Waals surface area contributed by atoms with Crippen LogP contribution in [0.25, 0.3) is 0 Å². The number of benzene rings is 1. The molecule has 2 aliphatic heterocycles. The molecule has 3 heterocycles. The van der Waals surface area contributed by atoms with Crippen LogP contribution in [-0.2, 0) is 11.3 Å². The average Bonchev–Trinajstić information content (AvgIpc) is 3.43. The van der Waals surface area contributed by atoms with Gasteiger partial charge in [0.25, 0.3) is 5.91 Å². The first-order valence-corrected chi connectivity index (χ1v) is 10.6. The summed E-state index contributed by atoms with van der Waals surface area (Å²) in [4.78, 5) is 32.0. The minimum absolute atomic E-state index is 0.0682. The Labute approximate surface area is 177 Å². The number of amides is 2. The number of rotatable bonds is 5. The van der Waals surface area contributed by atoms with E-state index in [1.165, 1.54) is 11.8 Å². The van der Waals surface area contributed by atoms with Gasteiger partial charge in [-0.05, 0) is 49.1 Å². The summed E-state index contributed by atoms with van der Waals surface area (Å²) in [6.45, 7) is 4.67. The highest BCUT2D eigenvalue weighted by atomic mass is 16.5. The van der Waals surface area contributed by atoms with Crippen molar-refractivity contribution in [2.75, 3.05) is 39.8 Å². The lowest BCUT2D eigenvalue weighted by Gasteiger charge is -2.29. The third kappa shape index (κ3) is 4.51. The number of hydrogen-bond acceptors (Lipinski definition) is 5. The predicted octanol–water partition coefficient (Wildman–Crippen LogP) is 2.63. The van der Waals surface area contributed by atoms with Crippen molar-refractivity contribution in [1.29, 1.82) is 0 Å². The Morgan fingerprint density at radius 2 is 1.87 bits per heavy atom. The molecular formula is C23H29N3O4. The second kappa shape index (κ2) is 9.34. The van der Waals surface area contributed by atoms with Crippen LogP contribution in [0.2, 0.25) is 0 Å². The van der Waals surface area contributed by atoms with Crippen molar-refractivity contribution in [3.05, 3.63) is 54.0 Å². The first-order chi connectivity index (χ1) is 14.7. The lowest BCUT2D eigenvalue weighted by Crippen LogP contribution is -2.48. The molecule has 0 bridgehead atoms. The van der Waals surface area contributed by atoms with Gasteiger partial charge in [-0.1, -0.05) is 12.1 Å². The third-order valence-electron chi connectivity index (χ3n) is 6.00. The van der Waals surface area contributed by atoms with Crippen LogP contribution in [0.4, 0.5) is 0 Å². The van der Waals surface area contributed by atoms with Crippen molar-refractivity contribution in [3.63, 3.8) is 0 Å². The first kappa shape index (κ1) is 20.5. The molecule has 30 heavy (non-hydrogen) atoms. The van der Waals surface area contributed by atoms with Crippen molar-refractivity contribution in [2.24, 2.45) is 0 Å². The van der Waals surface area contributed by atoms with Crippen molar-refractivity contribution >= 4 is 11.8 Å². The zero-order chi connectivity index (χ0) is 20.9. The predicted molar refractivity (Wildman–Crippen MR) is 112 cm³/mol. The van der Waals surface area contributed by atoms with Crippen LogP contribution in [0, 0.1) is 0 Å². The van der Waals surface area contributed by atoms with Gasteiger partial charge in [-0.2, -0.15) is 0 Å². The maximum absolute atomic E-state index is 13.2. The molecule has 7 nitrogen and oxygen atoms in total. The maximum atomic E-state index is 13.2. The summed E-state index contributed by atoms with van der Waals surface area (Å²) in [5, 5.41) is 0. The number of hydrogen-bond donors (Lipinski definition) is 0. The highest BCUT2D eigenvalue weighted by Crippen LogP contribution is 2.23. The zero-order valence-electron chi connectivity index (χ0n) is 17.5. The van der Waals surface area contributed by atoms with E-state index in [2.05, 4.69) is 17.0 Å². The number of methoxy groups -OCH3 is 1. The molecule has 0 unspecified atom stereocenters. The topological polar surface area (TPSA) is 66.2 Å². The quantitative estimate of drug-likeness (QED) is 0.757. The molecule has 1 aromatic carbocycles. The Kier molecular flexibility index (Phi) is 6.38. The Morgan fingerprint density at radius 3 is 2.60 bits per heavy atom. The minimum Gasteiger partial charge on any atom is -0.497 e. The van der Waals surface area contributed by atoms with Crippen LogP contribution in [0.15, 0.2) is 47.1 Å². The van der Waals surface area contributed by atoms with E-state index >= 15 is 0 Å². The second-order valence-corrected chi connectivity index (χ2v) is 7.94. The molecule has 2 aliphatic rings. The highest BCUT2D eigenvalue weighted by molar-refractivity contribution is 5.96.